The summed E-state index contributed by atoms with van der Waals surface area (Å²) in [4.78, 5) is 0. The second-order valence-corrected chi connectivity index (χ2v) is 4.63. The van der Waals surface area contributed by atoms with E-state index < -0.39 is 0 Å². The highest BCUT2D eigenvalue weighted by molar-refractivity contribution is 6.34. The number of benzene rings is 1. The van der Waals surface area contributed by atoms with Gasteiger partial charge >= 0.3 is 0 Å². The molecule has 90 valence electrons. The molecule has 0 fully saturated rings. The maximum Gasteiger partial charge on any atom is 0.0935 e. The van der Waals surface area contributed by atoms with Crippen LogP contribution in [0.15, 0.2) is 41.2 Å². The van der Waals surface area contributed by atoms with Crippen LogP contribution in [0.5, 0.6) is 0 Å². The van der Waals surface area contributed by atoms with Crippen molar-refractivity contribution in [1.29, 1.82) is 0 Å². The SMILES string of the molecule is NNC(Cc1ccoc1)c1cc(Cl)cc(Cl)c1. The van der Waals surface area contributed by atoms with Crippen LogP contribution in [-0.4, -0.2) is 0 Å². The number of hydrogen-bond donors (Lipinski definition) is 2. The fraction of sp³-hybridized carbons (Fsp3) is 0.167. The Labute approximate surface area is 109 Å². The minimum absolute atomic E-state index is 0.0520. The molecule has 0 saturated carbocycles. The van der Waals surface area contributed by atoms with Crippen LogP contribution in [0.1, 0.15) is 17.2 Å². The van der Waals surface area contributed by atoms with E-state index in [0.717, 1.165) is 11.1 Å². The Balaban J connectivity index is 2.22. The summed E-state index contributed by atoms with van der Waals surface area (Å²) >= 11 is 11.9. The predicted molar refractivity (Wildman–Crippen MR) is 68.9 cm³/mol. The average molecular weight is 271 g/mol. The molecular weight excluding hydrogens is 259 g/mol. The van der Waals surface area contributed by atoms with Crippen molar-refractivity contribution in [3.05, 3.63) is 58.0 Å². The van der Waals surface area contributed by atoms with Gasteiger partial charge in [-0.2, -0.15) is 0 Å². The van der Waals surface area contributed by atoms with Gasteiger partial charge in [0.15, 0.2) is 0 Å². The summed E-state index contributed by atoms with van der Waals surface area (Å²) in [5.74, 6) is 5.55. The van der Waals surface area contributed by atoms with Gasteiger partial charge in [0.1, 0.15) is 0 Å². The molecule has 1 heterocycles. The molecule has 0 spiro atoms. The summed E-state index contributed by atoms with van der Waals surface area (Å²) in [7, 11) is 0. The Kier molecular flexibility index (Phi) is 4.07. The van der Waals surface area contributed by atoms with Crippen molar-refractivity contribution in [1.82, 2.24) is 5.43 Å². The largest absolute Gasteiger partial charge is 0.472 e. The molecule has 17 heavy (non-hydrogen) atoms. The highest BCUT2D eigenvalue weighted by Crippen LogP contribution is 2.25. The van der Waals surface area contributed by atoms with Gasteiger partial charge in [-0.15, -0.1) is 0 Å². The highest BCUT2D eigenvalue weighted by atomic mass is 35.5. The minimum atomic E-state index is -0.0520. The summed E-state index contributed by atoms with van der Waals surface area (Å²) in [5.41, 5.74) is 4.76. The number of furan rings is 1. The molecule has 1 atom stereocenters. The van der Waals surface area contributed by atoms with Gasteiger partial charge in [-0.1, -0.05) is 23.2 Å². The average Bonchev–Trinajstić information content (AvgIpc) is 2.77. The molecule has 1 aromatic carbocycles. The first-order chi connectivity index (χ1) is 8.19. The number of nitrogens with one attached hydrogen (secondary N) is 1. The van der Waals surface area contributed by atoms with E-state index in [4.69, 9.17) is 33.5 Å². The number of hydrogen-bond acceptors (Lipinski definition) is 3. The monoisotopic (exact) mass is 270 g/mol. The molecule has 5 heteroatoms. The number of nitrogens with two attached hydrogens (primary N) is 1. The second-order valence-electron chi connectivity index (χ2n) is 3.76. The zero-order valence-corrected chi connectivity index (χ0v) is 10.5. The maximum atomic E-state index is 5.96. The van der Waals surface area contributed by atoms with E-state index in [9.17, 15) is 0 Å². The van der Waals surface area contributed by atoms with Crippen LogP contribution in [0.2, 0.25) is 10.0 Å². The summed E-state index contributed by atoms with van der Waals surface area (Å²) < 4.78 is 5.02. The normalized spacial score (nSPS) is 12.6. The number of hydrazine groups is 1. The molecule has 0 aliphatic carbocycles. The number of rotatable bonds is 4. The third kappa shape index (κ3) is 3.23. The molecule has 3 N–H and O–H groups in total. The minimum Gasteiger partial charge on any atom is -0.472 e. The predicted octanol–water partition coefficient (Wildman–Crippen LogP) is 3.33. The molecule has 3 nitrogen and oxygen atoms in total. The molecule has 0 amide bonds. The molecule has 2 aromatic rings. The van der Waals surface area contributed by atoms with Gasteiger partial charge < -0.3 is 4.42 Å². The molecular formula is C12H12Cl2N2O. The van der Waals surface area contributed by atoms with Gasteiger partial charge in [-0.3, -0.25) is 11.3 Å². The van der Waals surface area contributed by atoms with Gasteiger partial charge in [0.2, 0.25) is 0 Å². The molecule has 0 aliphatic heterocycles. The Hall–Kier alpha value is -1.000. The first-order valence-electron chi connectivity index (χ1n) is 5.12. The van der Waals surface area contributed by atoms with Crippen LogP contribution < -0.4 is 11.3 Å². The van der Waals surface area contributed by atoms with Crippen molar-refractivity contribution in [2.75, 3.05) is 0 Å². The lowest BCUT2D eigenvalue weighted by molar-refractivity contribution is 0.536. The quantitative estimate of drug-likeness (QED) is 0.662. The molecule has 0 bridgehead atoms. The summed E-state index contributed by atoms with van der Waals surface area (Å²) in [6, 6.07) is 7.23. The van der Waals surface area contributed by atoms with E-state index in [2.05, 4.69) is 5.43 Å². The Bertz CT molecular complexity index is 465. The van der Waals surface area contributed by atoms with Crippen LogP contribution in [0.3, 0.4) is 0 Å². The summed E-state index contributed by atoms with van der Waals surface area (Å²) in [6.07, 6.45) is 4.04. The van der Waals surface area contributed by atoms with E-state index in [1.54, 1.807) is 18.6 Å². The van der Waals surface area contributed by atoms with E-state index in [1.165, 1.54) is 0 Å². The first kappa shape index (κ1) is 12.5. The standard InChI is InChI=1S/C12H12Cl2N2O/c13-10-4-9(5-11(14)6-10)12(16-15)3-8-1-2-17-7-8/h1-2,4-7,12,16H,3,15H2. The van der Waals surface area contributed by atoms with Gasteiger partial charge in [-0.05, 0) is 41.8 Å². The highest BCUT2D eigenvalue weighted by Gasteiger charge is 2.12. The van der Waals surface area contributed by atoms with Crippen molar-refractivity contribution < 1.29 is 4.42 Å². The van der Waals surface area contributed by atoms with E-state index >= 15 is 0 Å². The zero-order chi connectivity index (χ0) is 12.3. The van der Waals surface area contributed by atoms with Crippen LogP contribution >= 0.6 is 23.2 Å². The van der Waals surface area contributed by atoms with Crippen LogP contribution in [0.4, 0.5) is 0 Å². The third-order valence-electron chi connectivity index (χ3n) is 2.51. The maximum absolute atomic E-state index is 5.96. The van der Waals surface area contributed by atoms with Gasteiger partial charge in [0.05, 0.1) is 18.6 Å². The molecule has 0 aliphatic rings. The van der Waals surface area contributed by atoms with E-state index in [0.29, 0.717) is 16.5 Å². The van der Waals surface area contributed by atoms with Crippen molar-refractivity contribution >= 4 is 23.2 Å². The van der Waals surface area contributed by atoms with Gasteiger partial charge in [0.25, 0.3) is 0 Å². The molecule has 0 radical (unpaired) electrons. The molecule has 1 aromatic heterocycles. The van der Waals surface area contributed by atoms with E-state index in [1.807, 2.05) is 18.2 Å². The van der Waals surface area contributed by atoms with E-state index in [-0.39, 0.29) is 6.04 Å². The fourth-order valence-electron chi connectivity index (χ4n) is 1.69. The van der Waals surface area contributed by atoms with Gasteiger partial charge in [0, 0.05) is 10.0 Å². The van der Waals surface area contributed by atoms with Crippen molar-refractivity contribution in [3.63, 3.8) is 0 Å². The molecule has 1 unspecified atom stereocenters. The fourth-order valence-corrected chi connectivity index (χ4v) is 2.24. The van der Waals surface area contributed by atoms with Crippen molar-refractivity contribution in [2.24, 2.45) is 5.84 Å². The topological polar surface area (TPSA) is 51.2 Å². The lowest BCUT2D eigenvalue weighted by Gasteiger charge is -2.16. The molecule has 2 rings (SSSR count). The molecule has 0 saturated heterocycles. The first-order valence-corrected chi connectivity index (χ1v) is 5.88. The van der Waals surface area contributed by atoms with Crippen LogP contribution in [0.25, 0.3) is 0 Å². The van der Waals surface area contributed by atoms with Crippen LogP contribution in [-0.2, 0) is 6.42 Å². The Morgan fingerprint density at radius 2 is 1.94 bits per heavy atom. The lowest BCUT2D eigenvalue weighted by atomic mass is 10.0. The zero-order valence-electron chi connectivity index (χ0n) is 8.99. The Morgan fingerprint density at radius 1 is 1.24 bits per heavy atom. The second kappa shape index (κ2) is 5.56. The van der Waals surface area contributed by atoms with Gasteiger partial charge in [-0.25, -0.2) is 0 Å². The Morgan fingerprint density at radius 3 is 2.47 bits per heavy atom. The summed E-state index contributed by atoms with van der Waals surface area (Å²) in [6.45, 7) is 0. The summed E-state index contributed by atoms with van der Waals surface area (Å²) in [5, 5.41) is 1.19. The number of halogens is 2. The van der Waals surface area contributed by atoms with Crippen LogP contribution in [0, 0.1) is 0 Å². The third-order valence-corrected chi connectivity index (χ3v) is 2.94. The smallest absolute Gasteiger partial charge is 0.0935 e. The van der Waals surface area contributed by atoms with Crippen molar-refractivity contribution in [3.8, 4) is 0 Å². The van der Waals surface area contributed by atoms with Crippen molar-refractivity contribution in [2.45, 2.75) is 12.5 Å². The lowest BCUT2D eigenvalue weighted by Crippen LogP contribution is -2.29.